The van der Waals surface area contributed by atoms with Crippen LogP contribution in [0.3, 0.4) is 0 Å². The van der Waals surface area contributed by atoms with E-state index in [1.54, 1.807) is 0 Å². The summed E-state index contributed by atoms with van der Waals surface area (Å²) in [5, 5.41) is 37.8. The summed E-state index contributed by atoms with van der Waals surface area (Å²) in [4.78, 5) is 0. The largest absolute Gasteiger partial charge is 0.394 e. The maximum absolute atomic E-state index is 10.1. The Morgan fingerprint density at radius 3 is 2.43 bits per heavy atom. The van der Waals surface area contributed by atoms with Gasteiger partial charge in [-0.25, -0.2) is 0 Å². The monoisotopic (exact) mass is 206 g/mol. The maximum Gasteiger partial charge on any atom is 0.150 e. The van der Waals surface area contributed by atoms with Crippen LogP contribution < -0.4 is 0 Å². The summed E-state index contributed by atoms with van der Waals surface area (Å²) in [6.45, 7) is -1.17. The predicted octanol–water partition coefficient (Wildman–Crippen LogP) is -2.77. The minimum Gasteiger partial charge on any atom is -0.394 e. The van der Waals surface area contributed by atoms with Gasteiger partial charge in [-0.05, 0) is 0 Å². The molecule has 2 saturated heterocycles. The molecule has 6 heteroatoms. The van der Waals surface area contributed by atoms with Gasteiger partial charge in [0.25, 0.3) is 0 Å². The van der Waals surface area contributed by atoms with Crippen molar-refractivity contribution in [3.63, 3.8) is 0 Å². The molecule has 4 N–H and O–H groups in total. The normalized spacial score (nSPS) is 52.3. The van der Waals surface area contributed by atoms with Gasteiger partial charge in [0.2, 0.25) is 0 Å². The first-order chi connectivity index (χ1) is 6.57. The summed E-state index contributed by atoms with van der Waals surface area (Å²) in [6, 6.07) is 0. The van der Waals surface area contributed by atoms with Crippen LogP contribution >= 0.6 is 0 Å². The Bertz CT molecular complexity index is 234. The van der Waals surface area contributed by atoms with Crippen LogP contribution in [0.2, 0.25) is 0 Å². The molecule has 0 bridgehead atoms. The summed E-state index contributed by atoms with van der Waals surface area (Å²) in [5.41, 5.74) is -3.31. The minimum absolute atomic E-state index is 0.139. The number of aliphatic hydroxyl groups excluding tert-OH is 2. The van der Waals surface area contributed by atoms with E-state index in [1.165, 1.54) is 0 Å². The third-order valence-electron chi connectivity index (χ3n) is 3.07. The molecule has 2 fully saturated rings. The molecule has 0 unspecified atom stereocenters. The Balaban J connectivity index is 2.25. The third kappa shape index (κ3) is 1.06. The zero-order valence-corrected chi connectivity index (χ0v) is 7.59. The quantitative estimate of drug-likeness (QED) is 0.390. The highest BCUT2D eigenvalue weighted by atomic mass is 16.6. The van der Waals surface area contributed by atoms with Crippen molar-refractivity contribution < 1.29 is 29.9 Å². The highest BCUT2D eigenvalue weighted by Crippen LogP contribution is 2.41. The SMILES string of the molecule is OC[C@H]1OC[C@]2(O)[C@@H]1OC[C@]2(O)CO. The van der Waals surface area contributed by atoms with Gasteiger partial charge in [-0.1, -0.05) is 0 Å². The molecule has 0 aromatic carbocycles. The van der Waals surface area contributed by atoms with Gasteiger partial charge < -0.3 is 29.9 Å². The third-order valence-corrected chi connectivity index (χ3v) is 3.07. The summed E-state index contributed by atoms with van der Waals surface area (Å²) in [7, 11) is 0. The smallest absolute Gasteiger partial charge is 0.150 e. The first-order valence-corrected chi connectivity index (χ1v) is 4.47. The average molecular weight is 206 g/mol. The molecule has 14 heavy (non-hydrogen) atoms. The first kappa shape index (κ1) is 10.3. The van der Waals surface area contributed by atoms with E-state index in [1.807, 2.05) is 0 Å². The van der Waals surface area contributed by atoms with Crippen LogP contribution in [-0.2, 0) is 9.47 Å². The molecule has 0 saturated carbocycles. The van der Waals surface area contributed by atoms with Crippen LogP contribution in [0.5, 0.6) is 0 Å². The molecule has 82 valence electrons. The Morgan fingerprint density at radius 2 is 1.86 bits per heavy atom. The zero-order chi connectivity index (χ0) is 10.4. The van der Waals surface area contributed by atoms with Crippen molar-refractivity contribution in [1.29, 1.82) is 0 Å². The molecule has 6 nitrogen and oxygen atoms in total. The fraction of sp³-hybridized carbons (Fsp3) is 1.00. The van der Waals surface area contributed by atoms with Crippen LogP contribution in [0.4, 0.5) is 0 Å². The van der Waals surface area contributed by atoms with Crippen LogP contribution in [0, 0.1) is 0 Å². The fourth-order valence-corrected chi connectivity index (χ4v) is 2.04. The van der Waals surface area contributed by atoms with E-state index < -0.39 is 30.0 Å². The van der Waals surface area contributed by atoms with E-state index in [0.29, 0.717) is 0 Å². The van der Waals surface area contributed by atoms with Crippen LogP contribution in [-0.4, -0.2) is 70.3 Å². The Morgan fingerprint density at radius 1 is 1.14 bits per heavy atom. The molecular formula is C8H14O6. The van der Waals surface area contributed by atoms with E-state index in [4.69, 9.17) is 19.7 Å². The van der Waals surface area contributed by atoms with Crippen LogP contribution in [0.25, 0.3) is 0 Å². The van der Waals surface area contributed by atoms with Gasteiger partial charge in [0, 0.05) is 0 Å². The van der Waals surface area contributed by atoms with Crippen molar-refractivity contribution in [2.75, 3.05) is 26.4 Å². The van der Waals surface area contributed by atoms with Crippen LogP contribution in [0.15, 0.2) is 0 Å². The number of aliphatic hydroxyl groups is 4. The number of hydrogen-bond acceptors (Lipinski definition) is 6. The molecule has 2 aliphatic heterocycles. The lowest BCUT2D eigenvalue weighted by molar-refractivity contribution is -0.149. The molecule has 4 atom stereocenters. The summed E-state index contributed by atoms with van der Waals surface area (Å²) in [6.07, 6.45) is -1.41. The van der Waals surface area contributed by atoms with E-state index in [2.05, 4.69) is 0 Å². The fourth-order valence-electron chi connectivity index (χ4n) is 2.04. The summed E-state index contributed by atoms with van der Waals surface area (Å²) < 4.78 is 10.2. The zero-order valence-electron chi connectivity index (χ0n) is 7.59. The molecule has 0 radical (unpaired) electrons. The molecule has 0 aliphatic carbocycles. The molecule has 2 rings (SSSR count). The second-order valence-corrected chi connectivity index (χ2v) is 3.88. The van der Waals surface area contributed by atoms with Crippen LogP contribution in [0.1, 0.15) is 0 Å². The predicted molar refractivity (Wildman–Crippen MR) is 43.6 cm³/mol. The topological polar surface area (TPSA) is 99.4 Å². The van der Waals surface area contributed by atoms with Gasteiger partial charge in [-0.2, -0.15) is 0 Å². The number of rotatable bonds is 2. The number of hydrogen-bond donors (Lipinski definition) is 4. The molecule has 2 heterocycles. The standard InChI is InChI=1S/C8H14O6/c9-1-5-6-8(12,4-13-5)7(11,2-10)3-14-6/h5-6,9-12H,1-4H2/t5-,6-,7-,8+/m1/s1. The molecule has 0 aromatic rings. The molecule has 0 amide bonds. The Labute approximate surface area is 80.7 Å². The second kappa shape index (κ2) is 3.13. The molecular weight excluding hydrogens is 192 g/mol. The van der Waals surface area contributed by atoms with Gasteiger partial charge in [0.15, 0.2) is 0 Å². The Hall–Kier alpha value is -0.240. The molecule has 2 aliphatic rings. The van der Waals surface area contributed by atoms with Gasteiger partial charge >= 0.3 is 0 Å². The lowest BCUT2D eigenvalue weighted by Crippen LogP contribution is -2.59. The van der Waals surface area contributed by atoms with Gasteiger partial charge in [-0.3, -0.25) is 0 Å². The van der Waals surface area contributed by atoms with E-state index in [9.17, 15) is 10.2 Å². The van der Waals surface area contributed by atoms with E-state index in [-0.39, 0.29) is 19.8 Å². The minimum atomic E-state index is -1.69. The highest BCUT2D eigenvalue weighted by Gasteiger charge is 2.66. The van der Waals surface area contributed by atoms with Crippen molar-refractivity contribution in [2.45, 2.75) is 23.4 Å². The molecule has 0 aromatic heterocycles. The second-order valence-electron chi connectivity index (χ2n) is 3.88. The first-order valence-electron chi connectivity index (χ1n) is 4.47. The van der Waals surface area contributed by atoms with Gasteiger partial charge in [-0.15, -0.1) is 0 Å². The highest BCUT2D eigenvalue weighted by molar-refractivity contribution is 5.14. The summed E-state index contributed by atoms with van der Waals surface area (Å²) >= 11 is 0. The molecule has 0 spiro atoms. The Kier molecular flexibility index (Phi) is 2.30. The average Bonchev–Trinajstić information content (AvgIpc) is 2.64. The van der Waals surface area contributed by atoms with Crippen molar-refractivity contribution in [2.24, 2.45) is 0 Å². The van der Waals surface area contributed by atoms with E-state index >= 15 is 0 Å². The van der Waals surface area contributed by atoms with Crippen molar-refractivity contribution in [3.05, 3.63) is 0 Å². The lowest BCUT2D eigenvalue weighted by atomic mass is 9.83. The van der Waals surface area contributed by atoms with Crippen molar-refractivity contribution in [3.8, 4) is 0 Å². The van der Waals surface area contributed by atoms with Gasteiger partial charge in [0.05, 0.1) is 26.4 Å². The number of ether oxygens (including phenoxy) is 2. The summed E-state index contributed by atoms with van der Waals surface area (Å²) in [5.74, 6) is 0. The van der Waals surface area contributed by atoms with Crippen molar-refractivity contribution in [1.82, 2.24) is 0 Å². The number of fused-ring (bicyclic) bond motifs is 1. The van der Waals surface area contributed by atoms with E-state index in [0.717, 1.165) is 0 Å². The van der Waals surface area contributed by atoms with Crippen molar-refractivity contribution >= 4 is 0 Å². The van der Waals surface area contributed by atoms with Gasteiger partial charge in [0.1, 0.15) is 23.4 Å². The lowest BCUT2D eigenvalue weighted by Gasteiger charge is -2.32. The maximum atomic E-state index is 10.1.